The number of aromatic nitrogens is 1. The van der Waals surface area contributed by atoms with Crippen LogP contribution in [0.3, 0.4) is 0 Å². The van der Waals surface area contributed by atoms with Gasteiger partial charge in [0, 0.05) is 17.0 Å². The van der Waals surface area contributed by atoms with E-state index in [1.807, 2.05) is 12.1 Å². The van der Waals surface area contributed by atoms with Crippen LogP contribution in [0.1, 0.15) is 20.3 Å². The van der Waals surface area contributed by atoms with Crippen molar-refractivity contribution in [2.45, 2.75) is 25.2 Å². The van der Waals surface area contributed by atoms with Gasteiger partial charge in [-0.25, -0.2) is 0 Å². The molecule has 0 aliphatic rings. The van der Waals surface area contributed by atoms with Gasteiger partial charge in [0.05, 0.1) is 0 Å². The summed E-state index contributed by atoms with van der Waals surface area (Å²) < 4.78 is 0.812. The second-order valence-corrected chi connectivity index (χ2v) is 4.59. The molecule has 0 aliphatic carbocycles. The van der Waals surface area contributed by atoms with Crippen molar-refractivity contribution in [1.82, 2.24) is 0 Å². The lowest BCUT2D eigenvalue weighted by Crippen LogP contribution is -2.23. The van der Waals surface area contributed by atoms with Gasteiger partial charge in [0.25, 0.3) is 0 Å². The van der Waals surface area contributed by atoms with E-state index in [0.29, 0.717) is 0 Å². The molecule has 0 aliphatic heterocycles. The Balaban J connectivity index is 2.33. The summed E-state index contributed by atoms with van der Waals surface area (Å²) in [4.78, 5) is 1.17. The van der Waals surface area contributed by atoms with E-state index in [1.165, 1.54) is 23.7 Å². The zero-order valence-corrected chi connectivity index (χ0v) is 8.88. The fraction of sp³-hybridized carbons (Fsp3) is 0.500. The van der Waals surface area contributed by atoms with Crippen LogP contribution >= 0.6 is 11.8 Å². The molecule has 1 aromatic heterocycles. The van der Waals surface area contributed by atoms with E-state index in [0.717, 1.165) is 16.4 Å². The van der Waals surface area contributed by atoms with Crippen molar-refractivity contribution >= 4 is 11.8 Å². The molecule has 0 aromatic carbocycles. The van der Waals surface area contributed by atoms with Crippen molar-refractivity contribution in [2.75, 3.05) is 5.75 Å². The zero-order valence-electron chi connectivity index (χ0n) is 8.06. The van der Waals surface area contributed by atoms with Crippen molar-refractivity contribution in [1.29, 1.82) is 0 Å². The Morgan fingerprint density at radius 2 is 2.00 bits per heavy atom. The summed E-state index contributed by atoms with van der Waals surface area (Å²) in [5, 5.41) is 10.7. The molecule has 0 N–H and O–H groups in total. The molecule has 1 aromatic rings. The van der Waals surface area contributed by atoms with Crippen molar-refractivity contribution in [2.24, 2.45) is 5.92 Å². The van der Waals surface area contributed by atoms with E-state index in [2.05, 4.69) is 13.8 Å². The molecule has 0 saturated carbocycles. The van der Waals surface area contributed by atoms with Crippen LogP contribution in [-0.2, 0) is 0 Å². The molecule has 0 amide bonds. The van der Waals surface area contributed by atoms with Gasteiger partial charge >= 0.3 is 0 Å². The zero-order chi connectivity index (χ0) is 9.68. The minimum atomic E-state index is 0.751. The summed E-state index contributed by atoms with van der Waals surface area (Å²) in [6.07, 6.45) is 4.30. The number of thioether (sulfide) groups is 1. The van der Waals surface area contributed by atoms with Crippen LogP contribution in [0.15, 0.2) is 29.4 Å². The van der Waals surface area contributed by atoms with E-state index in [9.17, 15) is 5.21 Å². The van der Waals surface area contributed by atoms with Gasteiger partial charge < -0.3 is 5.21 Å². The first-order valence-electron chi connectivity index (χ1n) is 4.50. The van der Waals surface area contributed by atoms with Crippen LogP contribution in [0.4, 0.5) is 0 Å². The molecule has 0 radical (unpaired) electrons. The van der Waals surface area contributed by atoms with E-state index in [-0.39, 0.29) is 0 Å². The predicted octanol–water partition coefficient (Wildman–Crippen LogP) is 2.46. The van der Waals surface area contributed by atoms with Gasteiger partial charge in [-0.05, 0) is 18.1 Å². The van der Waals surface area contributed by atoms with Crippen LogP contribution in [0.25, 0.3) is 0 Å². The Kier molecular flexibility index (Phi) is 4.09. The van der Waals surface area contributed by atoms with Crippen molar-refractivity contribution < 1.29 is 4.73 Å². The largest absolute Gasteiger partial charge is 0.619 e. The highest BCUT2D eigenvalue weighted by Crippen LogP contribution is 2.18. The van der Waals surface area contributed by atoms with E-state index in [4.69, 9.17) is 0 Å². The van der Waals surface area contributed by atoms with Crippen molar-refractivity contribution in [3.8, 4) is 0 Å². The molecule has 1 rings (SSSR count). The lowest BCUT2D eigenvalue weighted by Gasteiger charge is -2.03. The molecule has 2 nitrogen and oxygen atoms in total. The second kappa shape index (κ2) is 5.12. The Morgan fingerprint density at radius 1 is 1.38 bits per heavy atom. The second-order valence-electron chi connectivity index (χ2n) is 3.42. The standard InChI is InChI=1S/C10H15NOS/c1-9(2)5-8-13-10-3-6-11(12)7-4-10/h3-4,6-7,9H,5,8H2,1-2H3. The summed E-state index contributed by atoms with van der Waals surface area (Å²) in [6, 6.07) is 3.72. The molecule has 72 valence electrons. The third-order valence-corrected chi connectivity index (χ3v) is 2.78. The minimum Gasteiger partial charge on any atom is -0.619 e. The summed E-state index contributed by atoms with van der Waals surface area (Å²) in [6.45, 7) is 4.44. The number of pyridine rings is 1. The van der Waals surface area contributed by atoms with Crippen LogP contribution < -0.4 is 4.73 Å². The van der Waals surface area contributed by atoms with Gasteiger partial charge in [-0.3, -0.25) is 0 Å². The van der Waals surface area contributed by atoms with Gasteiger partial charge in [-0.15, -0.1) is 11.8 Å². The van der Waals surface area contributed by atoms with E-state index >= 15 is 0 Å². The SMILES string of the molecule is CC(C)CCSc1cc[n+]([O-])cc1. The number of hydrogen-bond acceptors (Lipinski definition) is 2. The number of rotatable bonds is 4. The third-order valence-electron chi connectivity index (χ3n) is 1.74. The lowest BCUT2D eigenvalue weighted by atomic mass is 10.2. The summed E-state index contributed by atoms with van der Waals surface area (Å²) >= 11 is 1.81. The van der Waals surface area contributed by atoms with Crippen LogP contribution in [0, 0.1) is 11.1 Å². The summed E-state index contributed by atoms with van der Waals surface area (Å²) in [5.41, 5.74) is 0. The molecule has 0 spiro atoms. The van der Waals surface area contributed by atoms with Gasteiger partial charge in [-0.2, -0.15) is 4.73 Å². The fourth-order valence-electron chi connectivity index (χ4n) is 0.908. The maximum Gasteiger partial charge on any atom is 0.181 e. The third kappa shape index (κ3) is 4.18. The highest BCUT2D eigenvalue weighted by Gasteiger charge is 1.97. The average Bonchev–Trinajstić information content (AvgIpc) is 2.08. The number of nitrogens with zero attached hydrogens (tertiary/aromatic N) is 1. The molecule has 0 unspecified atom stereocenters. The molecule has 0 saturated heterocycles. The first-order valence-corrected chi connectivity index (χ1v) is 5.48. The molecular formula is C10H15NOS. The summed E-state index contributed by atoms with van der Waals surface area (Å²) in [7, 11) is 0. The van der Waals surface area contributed by atoms with Crippen LogP contribution in [-0.4, -0.2) is 5.75 Å². The Morgan fingerprint density at radius 3 is 2.54 bits per heavy atom. The van der Waals surface area contributed by atoms with Gasteiger partial charge in [0.15, 0.2) is 12.4 Å². The Bertz CT molecular complexity index is 246. The molecule has 0 atom stereocenters. The molecule has 1 heterocycles. The first-order chi connectivity index (χ1) is 6.18. The topological polar surface area (TPSA) is 26.9 Å². The van der Waals surface area contributed by atoms with Gasteiger partial charge in [0.1, 0.15) is 0 Å². The normalized spacial score (nSPS) is 10.7. The fourth-order valence-corrected chi connectivity index (χ4v) is 2.05. The lowest BCUT2D eigenvalue weighted by molar-refractivity contribution is -0.605. The van der Waals surface area contributed by atoms with Gasteiger partial charge in [-0.1, -0.05) is 13.8 Å². The van der Waals surface area contributed by atoms with E-state index < -0.39 is 0 Å². The molecule has 3 heteroatoms. The molecular weight excluding hydrogens is 182 g/mol. The molecule has 0 fully saturated rings. The first kappa shape index (κ1) is 10.4. The van der Waals surface area contributed by atoms with E-state index in [1.54, 1.807) is 11.8 Å². The molecule has 13 heavy (non-hydrogen) atoms. The monoisotopic (exact) mass is 197 g/mol. The van der Waals surface area contributed by atoms with Crippen LogP contribution in [0.5, 0.6) is 0 Å². The number of hydrogen-bond donors (Lipinski definition) is 0. The predicted molar refractivity (Wildman–Crippen MR) is 55.6 cm³/mol. The maximum absolute atomic E-state index is 10.7. The van der Waals surface area contributed by atoms with Crippen molar-refractivity contribution in [3.05, 3.63) is 29.7 Å². The highest BCUT2D eigenvalue weighted by molar-refractivity contribution is 7.99. The maximum atomic E-state index is 10.7. The molecule has 0 bridgehead atoms. The van der Waals surface area contributed by atoms with Crippen LogP contribution in [0.2, 0.25) is 0 Å². The average molecular weight is 197 g/mol. The van der Waals surface area contributed by atoms with Gasteiger partial charge in [0.2, 0.25) is 0 Å². The Hall–Kier alpha value is -0.700. The highest BCUT2D eigenvalue weighted by atomic mass is 32.2. The Labute approximate surface area is 83.6 Å². The quantitative estimate of drug-likeness (QED) is 0.421. The summed E-state index contributed by atoms with van der Waals surface area (Å²) in [5.74, 6) is 1.88. The smallest absolute Gasteiger partial charge is 0.181 e. The van der Waals surface area contributed by atoms with Crippen molar-refractivity contribution in [3.63, 3.8) is 0 Å². The minimum absolute atomic E-state index is 0.751.